The van der Waals surface area contributed by atoms with Gasteiger partial charge in [0.1, 0.15) is 17.5 Å². The van der Waals surface area contributed by atoms with Crippen molar-refractivity contribution in [3.05, 3.63) is 339 Å². The summed E-state index contributed by atoms with van der Waals surface area (Å²) in [5.74, 6) is 2.96. The highest BCUT2D eigenvalue weighted by Gasteiger charge is 2.45. The third-order valence-electron chi connectivity index (χ3n) is 20.4. The Morgan fingerprint density at radius 2 is 0.567 bits per heavy atom. The monoisotopic (exact) mass is 1420 g/mol. The van der Waals surface area contributed by atoms with Crippen molar-refractivity contribution in [2.24, 2.45) is 0 Å². The lowest BCUT2D eigenvalue weighted by Gasteiger charge is -2.31. The average molecular weight is 1420 g/mol. The molecule has 12 aromatic carbocycles. The largest absolute Gasteiger partial charge is 0.308 e. The molecule has 502 valence electrons. The van der Waals surface area contributed by atoms with Crippen molar-refractivity contribution in [2.45, 2.75) is 40.0 Å². The van der Waals surface area contributed by atoms with Gasteiger partial charge in [-0.3, -0.25) is 18.7 Å². The van der Waals surface area contributed by atoms with Crippen LogP contribution in [0.4, 0.5) is 0 Å². The first kappa shape index (κ1) is 64.7. The number of rotatable bonds is 11. The zero-order valence-electron chi connectivity index (χ0n) is 57.3. The van der Waals surface area contributed by atoms with Crippen LogP contribution in [0.2, 0.25) is 0 Å². The lowest BCUT2D eigenvalue weighted by atomic mass is 10.0. The smallest absolute Gasteiger partial charge is 0.175 e. The van der Waals surface area contributed by atoms with E-state index in [4.69, 9.17) is 15.0 Å². The number of hydrogen-bond acceptors (Lipinski definition) is 8. The van der Waals surface area contributed by atoms with E-state index in [0.717, 1.165) is 168 Å². The summed E-state index contributed by atoms with van der Waals surface area (Å²) < 4.78 is 53.0. The van der Waals surface area contributed by atoms with E-state index in [9.17, 15) is 0 Å². The van der Waals surface area contributed by atoms with Gasteiger partial charge in [0.05, 0.1) is 66.1 Å². The first-order valence-corrected chi connectivity index (χ1v) is 41.2. The van der Waals surface area contributed by atoms with Crippen molar-refractivity contribution >= 4 is 114 Å². The Labute approximate surface area is 607 Å². The van der Waals surface area contributed by atoms with Crippen molar-refractivity contribution < 1.29 is 13.7 Å². The van der Waals surface area contributed by atoms with Gasteiger partial charge in [-0.05, 0) is 123 Å². The molecule has 0 bridgehead atoms. The van der Waals surface area contributed by atoms with Crippen LogP contribution in [-0.4, -0.2) is 33.6 Å². The van der Waals surface area contributed by atoms with Gasteiger partial charge in [-0.2, -0.15) is 0 Å². The average Bonchev–Trinajstić information content (AvgIpc) is 1.31. The first-order valence-electron chi connectivity index (χ1n) is 35.3. The molecule has 8 heterocycles. The molecule has 0 amide bonds. The summed E-state index contributed by atoms with van der Waals surface area (Å²) in [5.41, 5.74) is 17.0. The molecule has 0 N–H and O–H groups in total. The Bertz CT molecular complexity index is 6110. The van der Waals surface area contributed by atoms with Gasteiger partial charge in [0.15, 0.2) is 21.4 Å². The topological polar surface area (TPSA) is 118 Å². The summed E-state index contributed by atoms with van der Waals surface area (Å²) in [6, 6.07) is 104. The molecule has 3 atom stereocenters. The highest BCUT2D eigenvalue weighted by atomic mass is 32.1. The zero-order chi connectivity index (χ0) is 70.3. The number of nitrogens with zero attached hydrogens (tertiary/aromatic N) is 7. The normalized spacial score (nSPS) is 16.4. The molecule has 17 aromatic rings. The summed E-state index contributed by atoms with van der Waals surface area (Å²) in [6.45, 7) is 6.37. The van der Waals surface area contributed by atoms with Crippen LogP contribution in [0.25, 0.3) is 104 Å². The second kappa shape index (κ2) is 26.1. The Balaban J connectivity index is 0.000000113. The molecule has 3 aliphatic rings. The van der Waals surface area contributed by atoms with Crippen LogP contribution in [-0.2, 0) is 33.0 Å². The lowest BCUT2D eigenvalue weighted by Crippen LogP contribution is -2.34. The highest BCUT2D eigenvalue weighted by Crippen LogP contribution is 2.55. The number of aryl methyl sites for hydroxylation is 3. The summed E-state index contributed by atoms with van der Waals surface area (Å²) in [7, 11) is -9.49. The van der Waals surface area contributed by atoms with E-state index in [-0.39, 0.29) is 0 Å². The number of hydrogen-bond donors (Lipinski definition) is 0. The highest BCUT2D eigenvalue weighted by molar-refractivity contribution is 7.87. The Hall–Kier alpha value is -11.4. The van der Waals surface area contributed by atoms with Crippen LogP contribution in [0.1, 0.15) is 38.2 Å². The quantitative estimate of drug-likeness (QED) is 0.118. The minimum Gasteiger partial charge on any atom is -0.308 e. The lowest BCUT2D eigenvalue weighted by molar-refractivity contribution is 0.591. The number of aromatic nitrogens is 7. The molecule has 10 nitrogen and oxygen atoms in total. The van der Waals surface area contributed by atoms with Gasteiger partial charge in [-0.15, -0.1) is 11.3 Å². The molecule has 20 rings (SSSR count). The van der Waals surface area contributed by atoms with E-state index in [1.165, 1.54) is 20.9 Å². The van der Waals surface area contributed by atoms with E-state index in [1.54, 1.807) is 23.7 Å². The molecule has 0 aliphatic carbocycles. The molecule has 0 radical (unpaired) electrons. The molecule has 104 heavy (non-hydrogen) atoms. The molecule has 3 unspecified atom stereocenters. The van der Waals surface area contributed by atoms with Crippen LogP contribution in [0.5, 0.6) is 0 Å². The fourth-order valence-corrected chi connectivity index (χ4v) is 26.5. The standard InChI is InChI=1S/C37H27N2OPS.C27H21N2OP.C26H20N3OP/c1-2-35-38-30-22-21-29(25-17-19-27(20-18-25)34-24-23-33(42-34)26-11-5-3-6-12-26)37-36(30)39(35)31-15-9-10-16-32(31)41(37,40)28-13-7-4-8-14-28;1-2-25-28-22-18-17-21(19-11-5-3-6-12-19)27-26(22)29(25)23-15-9-10-16-24(23)31(27,30)20-13-7-4-8-14-20;1-2-24-28-21-13-12-20(18-14-16-27-17-15-18)26-25(21)29(24)22-10-6-7-11-23(22)31(26,30)19-8-4-3-5-9-19/h3-24H,2H2,1H3;3-18H,2H2,1H3;3-17H,2H2,1H3. The van der Waals surface area contributed by atoms with Crippen molar-refractivity contribution in [2.75, 3.05) is 0 Å². The first-order chi connectivity index (χ1) is 51.1. The maximum absolute atomic E-state index is 15.7. The molecule has 0 saturated heterocycles. The number of para-hydroxylation sites is 3. The number of imidazole rings is 3. The van der Waals surface area contributed by atoms with Gasteiger partial charge in [-0.1, -0.05) is 251 Å². The minimum atomic E-state index is -3.22. The van der Waals surface area contributed by atoms with Gasteiger partial charge in [0, 0.05) is 73.2 Å². The van der Waals surface area contributed by atoms with Crippen molar-refractivity contribution in [3.8, 4) is 71.3 Å². The molecule has 0 fully saturated rings. The summed E-state index contributed by atoms with van der Waals surface area (Å²) in [5, 5.41) is 7.81. The maximum Gasteiger partial charge on any atom is 0.175 e. The number of benzene rings is 12. The van der Waals surface area contributed by atoms with Crippen molar-refractivity contribution in [1.82, 2.24) is 33.6 Å². The second-order valence-corrected chi connectivity index (χ2v) is 35.2. The van der Waals surface area contributed by atoms with E-state index in [0.29, 0.717) is 0 Å². The Morgan fingerprint density at radius 3 is 0.913 bits per heavy atom. The summed E-state index contributed by atoms with van der Waals surface area (Å²) in [4.78, 5) is 21.5. The molecule has 3 aliphatic heterocycles. The number of fused-ring (bicyclic) bond motifs is 6. The van der Waals surface area contributed by atoms with E-state index in [2.05, 4.69) is 161 Å². The predicted molar refractivity (Wildman–Crippen MR) is 433 cm³/mol. The Morgan fingerprint density at radius 1 is 0.288 bits per heavy atom. The predicted octanol–water partition coefficient (Wildman–Crippen LogP) is 18.4. The number of pyridine rings is 1. The fraction of sp³-hybridized carbons (Fsp3) is 0.0667. The van der Waals surface area contributed by atoms with E-state index in [1.807, 2.05) is 188 Å². The molecular weight excluding hydrogens is 1350 g/mol. The van der Waals surface area contributed by atoms with Gasteiger partial charge in [0.25, 0.3) is 0 Å². The molecular formula is C90H68N7O3P3S. The Kier molecular flexibility index (Phi) is 16.3. The zero-order valence-corrected chi connectivity index (χ0v) is 60.8. The third kappa shape index (κ3) is 10.2. The van der Waals surface area contributed by atoms with Gasteiger partial charge >= 0.3 is 0 Å². The van der Waals surface area contributed by atoms with Crippen LogP contribution < -0.4 is 47.7 Å². The molecule has 5 aromatic heterocycles. The summed E-state index contributed by atoms with van der Waals surface area (Å²) >= 11 is 1.80. The van der Waals surface area contributed by atoms with Crippen LogP contribution in [0, 0.1) is 0 Å². The van der Waals surface area contributed by atoms with E-state index < -0.39 is 21.4 Å². The SMILES string of the molecule is CCc1nc2ccc(-c3ccc(-c4ccc(-c5ccccc5)s4)cc3)c3c2n1-c1ccccc1P3(=O)c1ccccc1.CCc1nc2ccc(-c3ccccc3)c3c2n1-c1ccccc1P3(=O)c1ccccc1.CCc1nc2ccc(-c3ccncc3)c3c2n1-c1ccccc1P3(=O)c1ccccc1. The fourth-order valence-electron chi connectivity index (χ4n) is 15.8. The maximum atomic E-state index is 15.7. The van der Waals surface area contributed by atoms with Crippen LogP contribution in [0.15, 0.2) is 322 Å². The number of thiophene rings is 1. The molecule has 14 heteroatoms. The third-order valence-corrected chi connectivity index (χ3v) is 31.1. The van der Waals surface area contributed by atoms with Gasteiger partial charge < -0.3 is 13.7 Å². The minimum absolute atomic E-state index is 0.786. The second-order valence-electron chi connectivity index (χ2n) is 26.1. The van der Waals surface area contributed by atoms with Crippen molar-refractivity contribution in [3.63, 3.8) is 0 Å². The van der Waals surface area contributed by atoms with Crippen molar-refractivity contribution in [1.29, 1.82) is 0 Å². The van der Waals surface area contributed by atoms with Crippen LogP contribution in [0.3, 0.4) is 0 Å². The molecule has 0 saturated carbocycles. The summed E-state index contributed by atoms with van der Waals surface area (Å²) in [6.07, 6.45) is 5.95. The van der Waals surface area contributed by atoms with Gasteiger partial charge in [-0.25, -0.2) is 15.0 Å². The van der Waals surface area contributed by atoms with Gasteiger partial charge in [0.2, 0.25) is 0 Å². The molecule has 0 spiro atoms. The van der Waals surface area contributed by atoms with E-state index >= 15 is 13.7 Å². The van der Waals surface area contributed by atoms with Crippen LogP contribution >= 0.6 is 32.8 Å².